The summed E-state index contributed by atoms with van der Waals surface area (Å²) < 4.78 is 7.35. The summed E-state index contributed by atoms with van der Waals surface area (Å²) in [6.45, 7) is 0.876. The number of hydrogen-bond acceptors (Lipinski definition) is 3. The Kier molecular flexibility index (Phi) is 3.87. The van der Waals surface area contributed by atoms with E-state index in [0.717, 1.165) is 41.5 Å². The largest absolute Gasteiger partial charge is 0.496 e. The lowest BCUT2D eigenvalue weighted by molar-refractivity contribution is 0.416. The topological polar surface area (TPSA) is 39.1 Å². The fourth-order valence-electron chi connectivity index (χ4n) is 3.06. The molecule has 122 valence electrons. The highest BCUT2D eigenvalue weighted by Gasteiger charge is 2.26. The third-order valence-corrected chi connectivity index (χ3v) is 4.69. The molecule has 2 heterocycles. The molecule has 0 atom stereocenters. The lowest BCUT2D eigenvalue weighted by atomic mass is 10.1. The summed E-state index contributed by atoms with van der Waals surface area (Å²) in [4.78, 5) is 0. The first kappa shape index (κ1) is 15.4. The molecule has 0 spiro atoms. The fraction of sp³-hybridized carbons (Fsp3) is 0.167. The minimum atomic E-state index is 0.563. The Hall–Kier alpha value is -2.17. The molecular formula is C18H15Cl2N3O. The molecule has 0 bridgehead atoms. The Morgan fingerprint density at radius 2 is 2.00 bits per heavy atom. The van der Waals surface area contributed by atoms with Crippen LogP contribution in [0.25, 0.3) is 16.9 Å². The van der Waals surface area contributed by atoms with Crippen LogP contribution in [0.4, 0.5) is 5.82 Å². The van der Waals surface area contributed by atoms with E-state index in [2.05, 4.69) is 5.32 Å². The molecule has 0 saturated heterocycles. The number of halogens is 2. The zero-order chi connectivity index (χ0) is 16.7. The van der Waals surface area contributed by atoms with Crippen molar-refractivity contribution in [2.75, 3.05) is 19.0 Å². The Morgan fingerprint density at radius 3 is 2.79 bits per heavy atom. The number of ether oxygens (including phenoxy) is 1. The van der Waals surface area contributed by atoms with E-state index in [1.165, 1.54) is 5.56 Å². The number of anilines is 1. The molecule has 1 N–H and O–H groups in total. The van der Waals surface area contributed by atoms with Crippen LogP contribution in [0.1, 0.15) is 5.56 Å². The minimum Gasteiger partial charge on any atom is -0.496 e. The molecule has 0 radical (unpaired) electrons. The molecule has 1 aliphatic heterocycles. The lowest BCUT2D eigenvalue weighted by Crippen LogP contribution is -2.05. The van der Waals surface area contributed by atoms with Crippen LogP contribution in [-0.4, -0.2) is 23.4 Å². The van der Waals surface area contributed by atoms with Gasteiger partial charge in [0, 0.05) is 22.7 Å². The van der Waals surface area contributed by atoms with Gasteiger partial charge in [-0.15, -0.1) is 0 Å². The molecule has 0 saturated carbocycles. The van der Waals surface area contributed by atoms with Crippen LogP contribution in [-0.2, 0) is 6.42 Å². The highest BCUT2D eigenvalue weighted by molar-refractivity contribution is 6.35. The second kappa shape index (κ2) is 6.04. The summed E-state index contributed by atoms with van der Waals surface area (Å²) in [5.41, 5.74) is 3.86. The van der Waals surface area contributed by atoms with Gasteiger partial charge >= 0.3 is 0 Å². The molecule has 0 fully saturated rings. The zero-order valence-electron chi connectivity index (χ0n) is 13.0. The summed E-state index contributed by atoms with van der Waals surface area (Å²) in [6, 6.07) is 13.3. The van der Waals surface area contributed by atoms with E-state index in [1.807, 2.05) is 41.1 Å². The maximum Gasteiger partial charge on any atom is 0.133 e. The van der Waals surface area contributed by atoms with Gasteiger partial charge in [0.25, 0.3) is 0 Å². The third kappa shape index (κ3) is 2.43. The maximum atomic E-state index is 6.38. The van der Waals surface area contributed by atoms with Gasteiger partial charge in [0.05, 0.1) is 17.8 Å². The zero-order valence-corrected chi connectivity index (χ0v) is 14.5. The van der Waals surface area contributed by atoms with Crippen molar-refractivity contribution < 1.29 is 4.74 Å². The van der Waals surface area contributed by atoms with Gasteiger partial charge in [-0.3, -0.25) is 0 Å². The van der Waals surface area contributed by atoms with Gasteiger partial charge in [0.15, 0.2) is 0 Å². The average Bonchev–Trinajstić information content (AvgIpc) is 3.18. The van der Waals surface area contributed by atoms with Gasteiger partial charge in [0.2, 0.25) is 0 Å². The summed E-state index contributed by atoms with van der Waals surface area (Å²) in [5.74, 6) is 1.78. The fourth-order valence-corrected chi connectivity index (χ4v) is 3.55. The van der Waals surface area contributed by atoms with E-state index in [4.69, 9.17) is 33.0 Å². The molecule has 4 rings (SSSR count). The van der Waals surface area contributed by atoms with Gasteiger partial charge in [-0.1, -0.05) is 35.3 Å². The number of benzene rings is 2. The van der Waals surface area contributed by atoms with Crippen LogP contribution in [0.5, 0.6) is 5.75 Å². The van der Waals surface area contributed by atoms with Gasteiger partial charge < -0.3 is 10.1 Å². The molecule has 4 nitrogen and oxygen atoms in total. The molecular weight excluding hydrogens is 345 g/mol. The summed E-state index contributed by atoms with van der Waals surface area (Å²) in [7, 11) is 1.67. The molecule has 0 unspecified atom stereocenters. The van der Waals surface area contributed by atoms with Crippen molar-refractivity contribution in [2.24, 2.45) is 0 Å². The van der Waals surface area contributed by atoms with Crippen molar-refractivity contribution in [2.45, 2.75) is 6.42 Å². The second-order valence-electron chi connectivity index (χ2n) is 5.56. The van der Waals surface area contributed by atoms with Crippen molar-refractivity contribution in [1.82, 2.24) is 9.78 Å². The molecule has 0 amide bonds. The molecule has 0 aliphatic carbocycles. The first-order valence-electron chi connectivity index (χ1n) is 7.63. The SMILES string of the molecule is COc1ccccc1-c1nn(-c2ccc(Cl)cc2Cl)c2c1CCN2. The number of nitrogens with zero attached hydrogens (tertiary/aromatic N) is 2. The van der Waals surface area contributed by atoms with Crippen LogP contribution in [0.3, 0.4) is 0 Å². The summed E-state index contributed by atoms with van der Waals surface area (Å²) in [5, 5.41) is 9.39. The van der Waals surface area contributed by atoms with Crippen molar-refractivity contribution in [3.8, 4) is 22.7 Å². The van der Waals surface area contributed by atoms with Crippen molar-refractivity contribution >= 4 is 29.0 Å². The monoisotopic (exact) mass is 359 g/mol. The van der Waals surface area contributed by atoms with Crippen molar-refractivity contribution in [3.63, 3.8) is 0 Å². The van der Waals surface area contributed by atoms with Crippen LogP contribution < -0.4 is 10.1 Å². The third-order valence-electron chi connectivity index (χ3n) is 4.15. The Bertz CT molecular complexity index is 921. The van der Waals surface area contributed by atoms with E-state index in [9.17, 15) is 0 Å². The number of para-hydroxylation sites is 1. The second-order valence-corrected chi connectivity index (χ2v) is 6.40. The molecule has 6 heteroatoms. The van der Waals surface area contributed by atoms with Crippen LogP contribution in [0.2, 0.25) is 10.0 Å². The summed E-state index contributed by atoms with van der Waals surface area (Å²) in [6.07, 6.45) is 0.911. The van der Waals surface area contributed by atoms with E-state index in [1.54, 1.807) is 13.2 Å². The van der Waals surface area contributed by atoms with E-state index in [-0.39, 0.29) is 0 Å². The lowest BCUT2D eigenvalue weighted by Gasteiger charge is -2.09. The molecule has 1 aliphatic rings. The Morgan fingerprint density at radius 1 is 1.17 bits per heavy atom. The Balaban J connectivity index is 1.93. The number of fused-ring (bicyclic) bond motifs is 1. The average molecular weight is 360 g/mol. The van der Waals surface area contributed by atoms with Gasteiger partial charge in [-0.2, -0.15) is 5.10 Å². The van der Waals surface area contributed by atoms with Gasteiger partial charge in [0.1, 0.15) is 17.3 Å². The molecule has 3 aromatic rings. The number of rotatable bonds is 3. The van der Waals surface area contributed by atoms with Gasteiger partial charge in [-0.25, -0.2) is 4.68 Å². The van der Waals surface area contributed by atoms with Crippen LogP contribution in [0.15, 0.2) is 42.5 Å². The van der Waals surface area contributed by atoms with Crippen LogP contribution in [0, 0.1) is 0 Å². The maximum absolute atomic E-state index is 6.38. The van der Waals surface area contributed by atoms with E-state index < -0.39 is 0 Å². The summed E-state index contributed by atoms with van der Waals surface area (Å²) >= 11 is 12.4. The van der Waals surface area contributed by atoms with Crippen molar-refractivity contribution in [1.29, 1.82) is 0 Å². The predicted octanol–water partition coefficient (Wildman–Crippen LogP) is 4.82. The van der Waals surface area contributed by atoms with E-state index in [0.29, 0.717) is 10.0 Å². The van der Waals surface area contributed by atoms with Crippen molar-refractivity contribution in [3.05, 3.63) is 58.1 Å². The number of aromatic nitrogens is 2. The number of methoxy groups -OCH3 is 1. The normalized spacial score (nSPS) is 12.8. The Labute approximate surface area is 150 Å². The highest BCUT2D eigenvalue weighted by Crippen LogP contribution is 2.39. The molecule has 24 heavy (non-hydrogen) atoms. The quantitative estimate of drug-likeness (QED) is 0.728. The highest BCUT2D eigenvalue weighted by atomic mass is 35.5. The first-order valence-corrected chi connectivity index (χ1v) is 8.39. The smallest absolute Gasteiger partial charge is 0.133 e. The van der Waals surface area contributed by atoms with E-state index >= 15 is 0 Å². The molecule has 1 aromatic heterocycles. The molecule has 2 aromatic carbocycles. The first-order chi connectivity index (χ1) is 11.7. The number of nitrogens with one attached hydrogen (secondary N) is 1. The van der Waals surface area contributed by atoms with Crippen LogP contribution >= 0.6 is 23.2 Å². The number of hydrogen-bond donors (Lipinski definition) is 1. The van der Waals surface area contributed by atoms with Gasteiger partial charge in [-0.05, 0) is 36.8 Å². The minimum absolute atomic E-state index is 0.563. The standard InChI is InChI=1S/C18H15Cl2N3O/c1-24-16-5-3-2-4-12(16)17-13-8-9-21-18(13)23(22-17)15-7-6-11(19)10-14(15)20/h2-7,10,21H,8-9H2,1H3. The predicted molar refractivity (Wildman–Crippen MR) is 97.8 cm³/mol.